The van der Waals surface area contributed by atoms with Gasteiger partial charge < -0.3 is 10.6 Å². The minimum absolute atomic E-state index is 0.192. The molecule has 1 aromatic carbocycles. The van der Waals surface area contributed by atoms with Crippen molar-refractivity contribution < 1.29 is 14.4 Å². The number of Topliss-reactive ketones (excluding diaryl/α,β-unsaturated/α-hetero) is 1. The Labute approximate surface area is 171 Å². The van der Waals surface area contributed by atoms with Crippen LogP contribution < -0.4 is 10.6 Å². The summed E-state index contributed by atoms with van der Waals surface area (Å²) in [4.78, 5) is 36.4. The first-order valence-electron chi connectivity index (χ1n) is 10.2. The van der Waals surface area contributed by atoms with Crippen LogP contribution in [0.3, 0.4) is 0 Å². The van der Waals surface area contributed by atoms with E-state index in [0.29, 0.717) is 31.4 Å². The molecule has 156 valence electrons. The summed E-state index contributed by atoms with van der Waals surface area (Å²) in [7, 11) is 0. The van der Waals surface area contributed by atoms with Crippen LogP contribution in [0.25, 0.3) is 0 Å². The van der Waals surface area contributed by atoms with E-state index in [1.165, 1.54) is 12.4 Å². The van der Waals surface area contributed by atoms with Crippen LogP contribution in [0.15, 0.2) is 42.7 Å². The number of hydrogen-bond donors (Lipinski definition) is 3. The van der Waals surface area contributed by atoms with Crippen LogP contribution in [0.4, 0.5) is 0 Å². The molecule has 3 N–H and O–H groups in total. The van der Waals surface area contributed by atoms with Crippen molar-refractivity contribution in [1.82, 2.24) is 20.8 Å². The van der Waals surface area contributed by atoms with E-state index in [1.807, 2.05) is 37.3 Å². The van der Waals surface area contributed by atoms with Crippen LogP contribution in [-0.4, -0.2) is 40.4 Å². The SMILES string of the molecule is CCC(=O)CCCCCC(NC(=O)c1cn[nH]c1)C(=O)NCCc1ccccc1. The Morgan fingerprint density at radius 2 is 1.90 bits per heavy atom. The van der Waals surface area contributed by atoms with Crippen LogP contribution in [-0.2, 0) is 16.0 Å². The molecule has 2 amide bonds. The number of carbonyl (C=O) groups excluding carboxylic acids is 3. The van der Waals surface area contributed by atoms with Gasteiger partial charge in [0, 0.05) is 25.6 Å². The van der Waals surface area contributed by atoms with Gasteiger partial charge in [0.2, 0.25) is 5.91 Å². The third-order valence-electron chi connectivity index (χ3n) is 4.78. The van der Waals surface area contributed by atoms with Crippen LogP contribution in [0.1, 0.15) is 61.4 Å². The molecule has 0 radical (unpaired) electrons. The third kappa shape index (κ3) is 8.29. The van der Waals surface area contributed by atoms with Crippen LogP contribution >= 0.6 is 0 Å². The summed E-state index contributed by atoms with van der Waals surface area (Å²) in [5.41, 5.74) is 1.54. The van der Waals surface area contributed by atoms with Gasteiger partial charge >= 0.3 is 0 Å². The number of ketones is 1. The summed E-state index contributed by atoms with van der Waals surface area (Å²) in [6.07, 6.45) is 7.74. The highest BCUT2D eigenvalue weighted by molar-refractivity contribution is 5.97. The molecule has 0 saturated heterocycles. The van der Waals surface area contributed by atoms with E-state index in [1.54, 1.807) is 0 Å². The van der Waals surface area contributed by atoms with Gasteiger partial charge in [-0.25, -0.2) is 0 Å². The predicted octanol–water partition coefficient (Wildman–Crippen LogP) is 2.80. The number of nitrogens with one attached hydrogen (secondary N) is 3. The zero-order valence-electron chi connectivity index (χ0n) is 16.9. The number of benzene rings is 1. The van der Waals surface area contributed by atoms with Crippen molar-refractivity contribution >= 4 is 17.6 Å². The Morgan fingerprint density at radius 1 is 1.10 bits per heavy atom. The molecule has 0 aliphatic heterocycles. The second-order valence-corrected chi connectivity index (χ2v) is 7.03. The van der Waals surface area contributed by atoms with Gasteiger partial charge in [-0.3, -0.25) is 19.5 Å². The Bertz CT molecular complexity index is 760. The quantitative estimate of drug-likeness (QED) is 0.451. The first kappa shape index (κ1) is 22.3. The van der Waals surface area contributed by atoms with Crippen LogP contribution in [0.5, 0.6) is 0 Å². The van der Waals surface area contributed by atoms with E-state index < -0.39 is 6.04 Å². The highest BCUT2D eigenvalue weighted by Crippen LogP contribution is 2.09. The molecule has 1 atom stereocenters. The maximum absolute atomic E-state index is 12.7. The van der Waals surface area contributed by atoms with E-state index in [0.717, 1.165) is 31.2 Å². The molecule has 0 aliphatic carbocycles. The molecular weight excluding hydrogens is 368 g/mol. The van der Waals surface area contributed by atoms with Crippen molar-refractivity contribution in [3.63, 3.8) is 0 Å². The molecule has 0 bridgehead atoms. The fourth-order valence-corrected chi connectivity index (χ4v) is 3.01. The molecule has 7 heteroatoms. The number of amides is 2. The molecule has 0 spiro atoms. The largest absolute Gasteiger partial charge is 0.354 e. The Hall–Kier alpha value is -2.96. The fourth-order valence-electron chi connectivity index (χ4n) is 3.01. The maximum Gasteiger partial charge on any atom is 0.255 e. The molecule has 7 nitrogen and oxygen atoms in total. The van der Waals surface area contributed by atoms with Gasteiger partial charge in [-0.1, -0.05) is 50.1 Å². The van der Waals surface area contributed by atoms with Gasteiger partial charge in [-0.2, -0.15) is 5.10 Å². The fraction of sp³-hybridized carbons (Fsp3) is 0.455. The Balaban J connectivity index is 1.83. The molecule has 1 aromatic heterocycles. The van der Waals surface area contributed by atoms with Crippen molar-refractivity contribution in [3.05, 3.63) is 53.9 Å². The lowest BCUT2D eigenvalue weighted by Crippen LogP contribution is -2.47. The van der Waals surface area contributed by atoms with Gasteiger partial charge in [0.1, 0.15) is 11.8 Å². The van der Waals surface area contributed by atoms with E-state index >= 15 is 0 Å². The maximum atomic E-state index is 12.7. The second-order valence-electron chi connectivity index (χ2n) is 7.03. The minimum atomic E-state index is -0.616. The zero-order chi connectivity index (χ0) is 20.9. The lowest BCUT2D eigenvalue weighted by molar-refractivity contribution is -0.123. The molecule has 1 unspecified atom stereocenters. The second kappa shape index (κ2) is 12.5. The van der Waals surface area contributed by atoms with E-state index in [4.69, 9.17) is 0 Å². The van der Waals surface area contributed by atoms with Crippen LogP contribution in [0, 0.1) is 0 Å². The van der Waals surface area contributed by atoms with Gasteiger partial charge in [0.25, 0.3) is 5.91 Å². The van der Waals surface area contributed by atoms with Gasteiger partial charge in [0.15, 0.2) is 0 Å². The summed E-state index contributed by atoms with van der Waals surface area (Å²) >= 11 is 0. The van der Waals surface area contributed by atoms with Crippen LogP contribution in [0.2, 0.25) is 0 Å². The minimum Gasteiger partial charge on any atom is -0.354 e. The molecular formula is C22H30N4O3. The van der Waals surface area contributed by atoms with Crippen molar-refractivity contribution in [1.29, 1.82) is 0 Å². The third-order valence-corrected chi connectivity index (χ3v) is 4.78. The number of hydrogen-bond acceptors (Lipinski definition) is 4. The van der Waals surface area contributed by atoms with Crippen molar-refractivity contribution in [2.45, 2.75) is 57.9 Å². The molecule has 2 rings (SSSR count). The zero-order valence-corrected chi connectivity index (χ0v) is 16.9. The first-order chi connectivity index (χ1) is 14.1. The highest BCUT2D eigenvalue weighted by Gasteiger charge is 2.21. The summed E-state index contributed by atoms with van der Waals surface area (Å²) in [5.74, 6) is -0.265. The topological polar surface area (TPSA) is 104 Å². The van der Waals surface area contributed by atoms with E-state index in [9.17, 15) is 14.4 Å². The molecule has 0 fully saturated rings. The number of nitrogens with zero attached hydrogens (tertiary/aromatic N) is 1. The average Bonchev–Trinajstić information content (AvgIpc) is 3.28. The molecule has 2 aromatic rings. The normalized spacial score (nSPS) is 11.6. The molecule has 29 heavy (non-hydrogen) atoms. The lowest BCUT2D eigenvalue weighted by atomic mass is 10.0. The smallest absolute Gasteiger partial charge is 0.255 e. The summed E-state index contributed by atoms with van der Waals surface area (Å²) in [6.45, 7) is 2.37. The van der Waals surface area contributed by atoms with Crippen molar-refractivity contribution in [3.8, 4) is 0 Å². The van der Waals surface area contributed by atoms with Crippen molar-refractivity contribution in [2.24, 2.45) is 0 Å². The standard InChI is InChI=1S/C22H30N4O3/c1-2-19(27)11-7-4-8-12-20(26-21(28)18-15-24-25-16-18)22(29)23-14-13-17-9-5-3-6-10-17/h3,5-6,9-10,15-16,20H,2,4,7-8,11-14H2,1H3,(H,23,29)(H,24,25)(H,26,28). The summed E-state index contributed by atoms with van der Waals surface area (Å²) in [5, 5.41) is 12.1. The van der Waals surface area contributed by atoms with Gasteiger partial charge in [-0.05, 0) is 24.8 Å². The van der Waals surface area contributed by atoms with E-state index in [-0.39, 0.29) is 17.6 Å². The average molecular weight is 399 g/mol. The monoisotopic (exact) mass is 398 g/mol. The Morgan fingerprint density at radius 3 is 2.59 bits per heavy atom. The number of rotatable bonds is 13. The number of unbranched alkanes of at least 4 members (excludes halogenated alkanes) is 2. The van der Waals surface area contributed by atoms with E-state index in [2.05, 4.69) is 20.8 Å². The molecule has 0 aliphatic rings. The number of aromatic amines is 1. The highest BCUT2D eigenvalue weighted by atomic mass is 16.2. The predicted molar refractivity (Wildman–Crippen MR) is 111 cm³/mol. The number of aromatic nitrogens is 2. The lowest BCUT2D eigenvalue weighted by Gasteiger charge is -2.18. The summed E-state index contributed by atoms with van der Waals surface area (Å²) < 4.78 is 0. The van der Waals surface area contributed by atoms with Gasteiger partial charge in [0.05, 0.1) is 11.8 Å². The Kier molecular flexibility index (Phi) is 9.62. The summed E-state index contributed by atoms with van der Waals surface area (Å²) in [6, 6.07) is 9.31. The molecule has 0 saturated carbocycles. The first-order valence-corrected chi connectivity index (χ1v) is 10.2. The number of carbonyl (C=O) groups is 3. The number of H-pyrrole nitrogens is 1. The van der Waals surface area contributed by atoms with Crippen molar-refractivity contribution in [2.75, 3.05) is 6.54 Å². The van der Waals surface area contributed by atoms with Gasteiger partial charge in [-0.15, -0.1) is 0 Å². The molecule has 1 heterocycles.